The van der Waals surface area contributed by atoms with Crippen LogP contribution in [0.1, 0.15) is 31.2 Å². The van der Waals surface area contributed by atoms with Gasteiger partial charge in [0, 0.05) is 4.47 Å². The molecule has 0 heterocycles. The van der Waals surface area contributed by atoms with Crippen molar-refractivity contribution in [2.75, 3.05) is 0 Å². The second kappa shape index (κ2) is 6.62. The number of halogens is 1. The third-order valence-corrected chi connectivity index (χ3v) is 3.85. The summed E-state index contributed by atoms with van der Waals surface area (Å²) in [4.78, 5) is 10.8. The molecule has 0 aliphatic heterocycles. The highest BCUT2D eigenvalue weighted by atomic mass is 79.9. The van der Waals surface area contributed by atoms with E-state index in [2.05, 4.69) is 27.3 Å². The Bertz CT molecular complexity index is 542. The fraction of sp³-hybridized carbons (Fsp3) is 0.429. The van der Waals surface area contributed by atoms with Gasteiger partial charge in [0.25, 0.3) is 0 Å². The van der Waals surface area contributed by atoms with E-state index in [4.69, 9.17) is 15.1 Å². The van der Waals surface area contributed by atoms with E-state index < -0.39 is 6.09 Å². The van der Waals surface area contributed by atoms with E-state index in [1.807, 2.05) is 0 Å². The summed E-state index contributed by atoms with van der Waals surface area (Å²) >= 11 is 3.31. The van der Waals surface area contributed by atoms with Gasteiger partial charge in [-0.15, -0.1) is 0 Å². The lowest BCUT2D eigenvalue weighted by Gasteiger charge is -2.31. The van der Waals surface area contributed by atoms with Crippen LogP contribution < -0.4 is 10.1 Å². The average molecular weight is 339 g/mol. The van der Waals surface area contributed by atoms with Gasteiger partial charge in [-0.05, 0) is 37.5 Å². The molecule has 2 atom stereocenters. The summed E-state index contributed by atoms with van der Waals surface area (Å²) in [6.45, 7) is 0. The van der Waals surface area contributed by atoms with Gasteiger partial charge in [-0.3, -0.25) is 0 Å². The zero-order chi connectivity index (χ0) is 14.5. The Hall–Kier alpha value is -1.74. The molecular weight excluding hydrogens is 324 g/mol. The van der Waals surface area contributed by atoms with E-state index in [0.29, 0.717) is 11.3 Å². The first-order valence-corrected chi connectivity index (χ1v) is 7.25. The van der Waals surface area contributed by atoms with Crippen LogP contribution in [0.5, 0.6) is 5.75 Å². The van der Waals surface area contributed by atoms with Crippen LogP contribution in [0.25, 0.3) is 0 Å². The van der Waals surface area contributed by atoms with Crippen LogP contribution >= 0.6 is 15.9 Å². The Morgan fingerprint density at radius 2 is 2.20 bits per heavy atom. The van der Waals surface area contributed by atoms with Crippen molar-refractivity contribution in [1.29, 1.82) is 5.26 Å². The third-order valence-electron chi connectivity index (χ3n) is 3.35. The van der Waals surface area contributed by atoms with Crippen molar-refractivity contribution in [2.45, 2.75) is 37.8 Å². The van der Waals surface area contributed by atoms with Crippen molar-refractivity contribution in [1.82, 2.24) is 5.32 Å². The lowest BCUT2D eigenvalue weighted by molar-refractivity contribution is 0.108. The van der Waals surface area contributed by atoms with E-state index >= 15 is 0 Å². The molecule has 2 rings (SSSR count). The van der Waals surface area contributed by atoms with Gasteiger partial charge in [0.05, 0.1) is 11.6 Å². The van der Waals surface area contributed by atoms with Crippen LogP contribution in [0.4, 0.5) is 4.79 Å². The summed E-state index contributed by atoms with van der Waals surface area (Å²) < 4.78 is 6.69. The first-order valence-electron chi connectivity index (χ1n) is 6.46. The Labute approximate surface area is 125 Å². The molecule has 1 aromatic rings. The number of nitrogens with zero attached hydrogens (tertiary/aromatic N) is 1. The van der Waals surface area contributed by atoms with Crippen LogP contribution in [0.2, 0.25) is 0 Å². The second-order valence-corrected chi connectivity index (χ2v) is 5.66. The minimum Gasteiger partial charge on any atom is -0.487 e. The summed E-state index contributed by atoms with van der Waals surface area (Å²) in [5.41, 5.74) is 0.444. The van der Waals surface area contributed by atoms with E-state index in [9.17, 15) is 4.79 Å². The maximum Gasteiger partial charge on any atom is 0.405 e. The van der Waals surface area contributed by atoms with Crippen molar-refractivity contribution in [3.63, 3.8) is 0 Å². The molecule has 106 valence electrons. The Morgan fingerprint density at radius 3 is 2.90 bits per heavy atom. The van der Waals surface area contributed by atoms with Gasteiger partial charge < -0.3 is 15.2 Å². The molecule has 1 aromatic carbocycles. The molecule has 20 heavy (non-hydrogen) atoms. The van der Waals surface area contributed by atoms with Gasteiger partial charge in [-0.2, -0.15) is 5.26 Å². The fourth-order valence-electron chi connectivity index (χ4n) is 2.42. The van der Waals surface area contributed by atoms with Crippen molar-refractivity contribution >= 4 is 22.0 Å². The van der Waals surface area contributed by atoms with Crippen LogP contribution in [0.15, 0.2) is 22.7 Å². The lowest BCUT2D eigenvalue weighted by Crippen LogP contribution is -2.47. The average Bonchev–Trinajstić information content (AvgIpc) is 2.42. The van der Waals surface area contributed by atoms with E-state index in [1.54, 1.807) is 18.2 Å². The maximum atomic E-state index is 10.8. The molecule has 0 radical (unpaired) electrons. The molecule has 0 bridgehead atoms. The van der Waals surface area contributed by atoms with Gasteiger partial charge in [0.2, 0.25) is 0 Å². The molecule has 6 heteroatoms. The Balaban J connectivity index is 2.14. The predicted molar refractivity (Wildman–Crippen MR) is 76.7 cm³/mol. The summed E-state index contributed by atoms with van der Waals surface area (Å²) in [6.07, 6.45) is 2.26. The summed E-state index contributed by atoms with van der Waals surface area (Å²) in [7, 11) is 0. The number of carboxylic acid groups (broad SMARTS) is 1. The van der Waals surface area contributed by atoms with Gasteiger partial charge in [0.1, 0.15) is 17.9 Å². The number of hydrogen-bond acceptors (Lipinski definition) is 3. The Morgan fingerprint density at radius 1 is 1.45 bits per heavy atom. The summed E-state index contributed by atoms with van der Waals surface area (Å²) in [6, 6.07) is 7.09. The molecule has 0 unspecified atom stereocenters. The predicted octanol–water partition coefficient (Wildman–Crippen LogP) is 3.28. The third kappa shape index (κ3) is 3.64. The van der Waals surface area contributed by atoms with Gasteiger partial charge >= 0.3 is 6.09 Å². The number of nitriles is 1. The number of nitrogens with one attached hydrogen (secondary N) is 1. The lowest BCUT2D eigenvalue weighted by atomic mass is 9.92. The van der Waals surface area contributed by atoms with Crippen molar-refractivity contribution in [2.24, 2.45) is 0 Å². The molecule has 0 aromatic heterocycles. The van der Waals surface area contributed by atoms with E-state index in [1.165, 1.54) is 0 Å². The number of amides is 1. The fourth-order valence-corrected chi connectivity index (χ4v) is 2.78. The molecule has 1 fully saturated rings. The van der Waals surface area contributed by atoms with Crippen molar-refractivity contribution in [3.05, 3.63) is 28.2 Å². The minimum atomic E-state index is -1.04. The number of benzene rings is 1. The molecular formula is C14H15BrN2O3. The molecule has 2 N–H and O–H groups in total. The zero-order valence-corrected chi connectivity index (χ0v) is 12.4. The first-order chi connectivity index (χ1) is 9.60. The highest BCUT2D eigenvalue weighted by molar-refractivity contribution is 9.10. The summed E-state index contributed by atoms with van der Waals surface area (Å²) in [5.74, 6) is 0.500. The molecule has 5 nitrogen and oxygen atoms in total. The highest BCUT2D eigenvalue weighted by Gasteiger charge is 2.28. The molecule has 1 aliphatic carbocycles. The topological polar surface area (TPSA) is 82.3 Å². The smallest absolute Gasteiger partial charge is 0.405 e. The van der Waals surface area contributed by atoms with E-state index in [-0.39, 0.29) is 12.1 Å². The number of hydrogen-bond donors (Lipinski definition) is 2. The zero-order valence-electron chi connectivity index (χ0n) is 10.8. The largest absolute Gasteiger partial charge is 0.487 e. The standard InChI is InChI=1S/C14H15BrN2O3/c15-10-5-6-12(9(7-10)8-16)20-13-4-2-1-3-11(13)17-14(18)19/h5-7,11,13,17H,1-4H2,(H,18,19)/t11-,13+/m1/s1. The molecule has 1 aliphatic rings. The Kier molecular flexibility index (Phi) is 4.85. The number of carbonyl (C=O) groups is 1. The van der Waals surface area contributed by atoms with Crippen LogP contribution in [0.3, 0.4) is 0 Å². The molecule has 0 spiro atoms. The van der Waals surface area contributed by atoms with Gasteiger partial charge in [-0.1, -0.05) is 22.4 Å². The monoisotopic (exact) mass is 338 g/mol. The quantitative estimate of drug-likeness (QED) is 0.885. The van der Waals surface area contributed by atoms with Crippen LogP contribution in [0, 0.1) is 11.3 Å². The van der Waals surface area contributed by atoms with Crippen molar-refractivity contribution < 1.29 is 14.6 Å². The van der Waals surface area contributed by atoms with E-state index in [0.717, 1.165) is 30.2 Å². The molecule has 0 saturated heterocycles. The SMILES string of the molecule is N#Cc1cc(Br)ccc1O[C@H]1CCCC[C@H]1NC(=O)O. The molecule has 1 amide bonds. The van der Waals surface area contributed by atoms with Gasteiger partial charge in [0.15, 0.2) is 0 Å². The van der Waals surface area contributed by atoms with Crippen LogP contribution in [-0.2, 0) is 0 Å². The number of ether oxygens (including phenoxy) is 1. The van der Waals surface area contributed by atoms with Gasteiger partial charge in [-0.25, -0.2) is 4.79 Å². The highest BCUT2D eigenvalue weighted by Crippen LogP contribution is 2.28. The first kappa shape index (κ1) is 14.7. The van der Waals surface area contributed by atoms with Crippen LogP contribution in [-0.4, -0.2) is 23.3 Å². The maximum absolute atomic E-state index is 10.8. The van der Waals surface area contributed by atoms with Crippen molar-refractivity contribution in [3.8, 4) is 11.8 Å². The second-order valence-electron chi connectivity index (χ2n) is 4.75. The summed E-state index contributed by atoms with van der Waals surface area (Å²) in [5, 5.41) is 20.5. The minimum absolute atomic E-state index is 0.226. The molecule has 1 saturated carbocycles. The number of rotatable bonds is 3. The normalized spacial score (nSPS) is 21.8.